The van der Waals surface area contributed by atoms with E-state index in [0.29, 0.717) is 11.3 Å². The van der Waals surface area contributed by atoms with Crippen LogP contribution in [-0.2, 0) is 0 Å². The van der Waals surface area contributed by atoms with Crippen molar-refractivity contribution in [3.8, 4) is 0 Å². The molecule has 0 bridgehead atoms. The molecule has 1 N–H and O–H groups in total. The zero-order valence-corrected chi connectivity index (χ0v) is 15.7. The average molecular weight is 336 g/mol. The monoisotopic (exact) mass is 336 g/mol. The highest BCUT2D eigenvalue weighted by molar-refractivity contribution is 6.14. The Morgan fingerprint density at radius 2 is 2.20 bits per heavy atom. The lowest BCUT2D eigenvalue weighted by molar-refractivity contribution is 0.168. The van der Waals surface area contributed by atoms with Crippen LogP contribution in [0, 0.1) is 11.3 Å². The molecule has 0 radical (unpaired) electrons. The number of rotatable bonds is 4. The third-order valence-electron chi connectivity index (χ3n) is 5.22. The molecule has 2 heterocycles. The maximum atomic E-state index is 4.68. The van der Waals surface area contributed by atoms with E-state index in [4.69, 9.17) is 0 Å². The van der Waals surface area contributed by atoms with Gasteiger partial charge in [-0.1, -0.05) is 20.8 Å². The molecule has 2 unspecified atom stereocenters. The van der Waals surface area contributed by atoms with Crippen LogP contribution in [0.1, 0.15) is 57.1 Å². The smallest absolute Gasteiger partial charge is 0.137 e. The molecule has 1 saturated carbocycles. The molecular weight excluding hydrogens is 308 g/mol. The molecule has 3 rings (SSSR count). The number of nitrogens with zero attached hydrogens (tertiary/aromatic N) is 3. The van der Waals surface area contributed by atoms with Crippen LogP contribution in [0.15, 0.2) is 34.6 Å². The van der Waals surface area contributed by atoms with Crippen molar-refractivity contribution in [1.82, 2.24) is 9.97 Å². The Bertz CT molecular complexity index is 826. The first-order valence-electron chi connectivity index (χ1n) is 8.99. The molecule has 0 spiro atoms. The SMILES string of the molecule is C=N/C=C(\C=NC)c1c[nH]c2ncc(C3CC(C)CC(C)(C)C3)cc12. The van der Waals surface area contributed by atoms with Crippen molar-refractivity contribution in [2.75, 3.05) is 7.05 Å². The molecule has 0 aromatic carbocycles. The second kappa shape index (κ2) is 6.95. The van der Waals surface area contributed by atoms with Gasteiger partial charge in [0.25, 0.3) is 0 Å². The average Bonchev–Trinajstić information content (AvgIpc) is 2.95. The fourth-order valence-corrected chi connectivity index (χ4v) is 4.49. The summed E-state index contributed by atoms with van der Waals surface area (Å²) in [5.74, 6) is 1.32. The number of pyridine rings is 1. The van der Waals surface area contributed by atoms with Crippen molar-refractivity contribution < 1.29 is 0 Å². The third kappa shape index (κ3) is 3.73. The number of aromatic amines is 1. The van der Waals surface area contributed by atoms with Gasteiger partial charge in [0.05, 0.1) is 0 Å². The van der Waals surface area contributed by atoms with Crippen molar-refractivity contribution in [3.05, 3.63) is 35.8 Å². The summed E-state index contributed by atoms with van der Waals surface area (Å²) in [7, 11) is 1.76. The van der Waals surface area contributed by atoms with Crippen LogP contribution in [0.2, 0.25) is 0 Å². The first-order valence-corrected chi connectivity index (χ1v) is 8.99. The minimum Gasteiger partial charge on any atom is -0.346 e. The third-order valence-corrected chi connectivity index (χ3v) is 5.22. The van der Waals surface area contributed by atoms with Crippen molar-refractivity contribution in [2.45, 2.75) is 46.0 Å². The van der Waals surface area contributed by atoms with Crippen LogP contribution < -0.4 is 0 Å². The molecule has 2 aromatic heterocycles. The van der Waals surface area contributed by atoms with Gasteiger partial charge >= 0.3 is 0 Å². The number of H-pyrrole nitrogens is 1. The summed E-state index contributed by atoms with van der Waals surface area (Å²) in [4.78, 5) is 16.0. The normalized spacial score (nSPS) is 24.1. The Morgan fingerprint density at radius 1 is 1.40 bits per heavy atom. The van der Waals surface area contributed by atoms with Gasteiger partial charge in [-0.3, -0.25) is 9.98 Å². The predicted molar refractivity (Wildman–Crippen MR) is 108 cm³/mol. The second-order valence-electron chi connectivity index (χ2n) is 8.13. The summed E-state index contributed by atoms with van der Waals surface area (Å²) < 4.78 is 0. The van der Waals surface area contributed by atoms with Gasteiger partial charge in [-0.25, -0.2) is 4.98 Å². The molecule has 2 aromatic rings. The van der Waals surface area contributed by atoms with Crippen molar-refractivity contribution in [3.63, 3.8) is 0 Å². The Hall–Kier alpha value is -2.23. The highest BCUT2D eigenvalue weighted by Gasteiger charge is 2.33. The Kier molecular flexibility index (Phi) is 4.89. The van der Waals surface area contributed by atoms with E-state index in [-0.39, 0.29) is 0 Å². The summed E-state index contributed by atoms with van der Waals surface area (Å²) in [6, 6.07) is 2.30. The summed E-state index contributed by atoms with van der Waals surface area (Å²) in [5.41, 5.74) is 4.66. The van der Waals surface area contributed by atoms with Crippen molar-refractivity contribution in [2.24, 2.45) is 21.3 Å². The molecule has 1 fully saturated rings. The van der Waals surface area contributed by atoms with E-state index in [1.54, 1.807) is 13.2 Å². The highest BCUT2D eigenvalue weighted by atomic mass is 14.8. The van der Waals surface area contributed by atoms with Gasteiger partial charge in [-0.2, -0.15) is 0 Å². The highest BCUT2D eigenvalue weighted by Crippen LogP contribution is 2.46. The fraction of sp³-hybridized carbons (Fsp3) is 0.476. The Labute approximate surface area is 150 Å². The maximum absolute atomic E-state index is 4.68. The summed E-state index contributed by atoms with van der Waals surface area (Å²) in [6.45, 7) is 10.7. The van der Waals surface area contributed by atoms with Gasteiger partial charge in [0.2, 0.25) is 0 Å². The van der Waals surface area contributed by atoms with Gasteiger partial charge in [0, 0.05) is 48.4 Å². The Balaban J connectivity index is 2.03. The predicted octanol–water partition coefficient (Wildman–Crippen LogP) is 5.23. The van der Waals surface area contributed by atoms with Gasteiger partial charge in [-0.05, 0) is 54.9 Å². The van der Waals surface area contributed by atoms with Crippen LogP contribution in [0.3, 0.4) is 0 Å². The number of aromatic nitrogens is 2. The molecule has 4 heteroatoms. The van der Waals surface area contributed by atoms with Crippen LogP contribution >= 0.6 is 0 Å². The van der Waals surface area contributed by atoms with E-state index >= 15 is 0 Å². The number of hydrogen-bond donors (Lipinski definition) is 1. The van der Waals surface area contributed by atoms with Crippen molar-refractivity contribution in [1.29, 1.82) is 0 Å². The molecule has 0 aliphatic heterocycles. The van der Waals surface area contributed by atoms with E-state index in [1.807, 2.05) is 18.6 Å². The molecule has 2 atom stereocenters. The number of aliphatic imine (C=N–C) groups is 2. The Morgan fingerprint density at radius 3 is 2.88 bits per heavy atom. The zero-order chi connectivity index (χ0) is 18.0. The zero-order valence-electron chi connectivity index (χ0n) is 15.7. The molecule has 1 aliphatic rings. The lowest BCUT2D eigenvalue weighted by atomic mass is 9.66. The van der Waals surface area contributed by atoms with E-state index in [9.17, 15) is 0 Å². The second-order valence-corrected chi connectivity index (χ2v) is 8.13. The van der Waals surface area contributed by atoms with E-state index in [2.05, 4.69) is 53.5 Å². The largest absolute Gasteiger partial charge is 0.346 e. The maximum Gasteiger partial charge on any atom is 0.137 e. The molecule has 4 nitrogen and oxygen atoms in total. The quantitative estimate of drug-likeness (QED) is 0.763. The minimum absolute atomic E-state index is 0.394. The van der Waals surface area contributed by atoms with E-state index in [1.165, 1.54) is 24.8 Å². The van der Waals surface area contributed by atoms with E-state index < -0.39 is 0 Å². The first-order chi connectivity index (χ1) is 11.9. The number of hydrogen-bond acceptors (Lipinski definition) is 3. The van der Waals surface area contributed by atoms with Crippen LogP contribution in [0.5, 0.6) is 0 Å². The molecule has 25 heavy (non-hydrogen) atoms. The lowest BCUT2D eigenvalue weighted by Gasteiger charge is -2.39. The first kappa shape index (κ1) is 17.6. The van der Waals surface area contributed by atoms with Gasteiger partial charge in [-0.15, -0.1) is 0 Å². The molecule has 1 aliphatic carbocycles. The standard InChI is InChI=1S/C21H28N4/c1-14-6-15(9-21(2,3)8-14)16-7-18-19(13-25-20(18)24-12-16)17(10-22-4)11-23-5/h7,10-15H,4,6,8-9H2,1-3,5H3,(H,24,25)/b17-10+,23-11?. The van der Waals surface area contributed by atoms with Crippen LogP contribution in [0.25, 0.3) is 16.6 Å². The molecule has 132 valence electrons. The van der Waals surface area contributed by atoms with Gasteiger partial charge in [0.1, 0.15) is 5.65 Å². The topological polar surface area (TPSA) is 53.4 Å². The lowest BCUT2D eigenvalue weighted by Crippen LogP contribution is -2.26. The van der Waals surface area contributed by atoms with Gasteiger partial charge in [0.15, 0.2) is 0 Å². The van der Waals surface area contributed by atoms with Crippen LogP contribution in [0.4, 0.5) is 0 Å². The number of fused-ring (bicyclic) bond motifs is 1. The van der Waals surface area contributed by atoms with E-state index in [0.717, 1.165) is 28.1 Å². The minimum atomic E-state index is 0.394. The number of allylic oxidation sites excluding steroid dienone is 1. The molecular formula is C21H28N4. The van der Waals surface area contributed by atoms with Crippen molar-refractivity contribution >= 4 is 29.5 Å². The molecule has 0 amide bonds. The summed E-state index contributed by atoms with van der Waals surface area (Å²) >= 11 is 0. The van der Waals surface area contributed by atoms with Gasteiger partial charge < -0.3 is 4.98 Å². The fourth-order valence-electron chi connectivity index (χ4n) is 4.49. The summed E-state index contributed by atoms with van der Waals surface area (Å²) in [5, 5.41) is 1.13. The van der Waals surface area contributed by atoms with Crippen LogP contribution in [-0.4, -0.2) is 29.9 Å². The molecule has 0 saturated heterocycles. The summed E-state index contributed by atoms with van der Waals surface area (Å²) in [6.07, 6.45) is 11.3. The number of nitrogens with one attached hydrogen (secondary N) is 1.